The van der Waals surface area contributed by atoms with Gasteiger partial charge in [0.15, 0.2) is 0 Å². The number of phenolic OH excluding ortho intramolecular Hbond substituents is 1. The van der Waals surface area contributed by atoms with Gasteiger partial charge in [0.25, 0.3) is 10.0 Å². The molecule has 3 rings (SSSR count). The Morgan fingerprint density at radius 2 is 1.53 bits per heavy atom. The van der Waals surface area contributed by atoms with Crippen LogP contribution in [-0.2, 0) is 19.6 Å². The van der Waals surface area contributed by atoms with E-state index in [9.17, 15) is 23.1 Å². The second-order valence-corrected chi connectivity index (χ2v) is 8.55. The van der Waals surface area contributed by atoms with Gasteiger partial charge < -0.3 is 20.3 Å². The molecule has 0 atom stereocenters. The molecule has 3 aromatic rings. The molecule has 0 aliphatic rings. The van der Waals surface area contributed by atoms with Gasteiger partial charge in [0.05, 0.1) is 0 Å². The van der Waals surface area contributed by atoms with Gasteiger partial charge in [0, 0.05) is 17.4 Å². The minimum absolute atomic E-state index is 0.157. The lowest BCUT2D eigenvalue weighted by Gasteiger charge is -2.15. The van der Waals surface area contributed by atoms with Gasteiger partial charge in [-0.1, -0.05) is 18.2 Å². The van der Waals surface area contributed by atoms with E-state index in [-0.39, 0.29) is 16.3 Å². The van der Waals surface area contributed by atoms with Gasteiger partial charge in [-0.25, -0.2) is 13.2 Å². The largest absolute Gasteiger partial charge is 0.507 e. The number of aromatic hydroxyl groups is 1. The quantitative estimate of drug-likeness (QED) is 0.415. The molecule has 32 heavy (non-hydrogen) atoms. The fraction of sp³-hybridized carbons (Fsp3) is 0.0909. The fourth-order valence-electron chi connectivity index (χ4n) is 2.98. The number of ether oxygens (including phenoxy) is 1. The molecule has 0 heterocycles. The van der Waals surface area contributed by atoms with Crippen LogP contribution in [0.2, 0.25) is 0 Å². The van der Waals surface area contributed by atoms with E-state index >= 15 is 0 Å². The molecular weight excluding hydrogens is 436 g/mol. The molecule has 166 valence electrons. The number of aryl methyl sites for hydroxylation is 2. The molecule has 0 fully saturated rings. The van der Waals surface area contributed by atoms with Gasteiger partial charge in [0.2, 0.25) is 0 Å². The lowest BCUT2D eigenvalue weighted by atomic mass is 10.1. The van der Waals surface area contributed by atoms with Gasteiger partial charge in [-0.2, -0.15) is 0 Å². The van der Waals surface area contributed by atoms with E-state index in [1.54, 1.807) is 44.2 Å². The minimum Gasteiger partial charge on any atom is -0.507 e. The highest BCUT2D eigenvalue weighted by atomic mass is 32.2. The number of sulfonamides is 1. The van der Waals surface area contributed by atoms with Crippen molar-refractivity contribution in [2.45, 2.75) is 18.7 Å². The second-order valence-electron chi connectivity index (χ2n) is 6.90. The summed E-state index contributed by atoms with van der Waals surface area (Å²) in [5.74, 6) is -2.67. The maximum Gasteiger partial charge on any atom is 0.394 e. The summed E-state index contributed by atoms with van der Waals surface area (Å²) < 4.78 is 33.7. The van der Waals surface area contributed by atoms with Crippen LogP contribution in [0.4, 0.5) is 11.4 Å². The molecule has 0 spiro atoms. The van der Waals surface area contributed by atoms with E-state index in [4.69, 9.17) is 9.84 Å². The Hall–Kier alpha value is -4.05. The lowest BCUT2D eigenvalue weighted by Crippen LogP contribution is -2.21. The maximum absolute atomic E-state index is 12.7. The van der Waals surface area contributed by atoms with Crippen LogP contribution in [0.25, 0.3) is 0 Å². The molecule has 10 heteroatoms. The summed E-state index contributed by atoms with van der Waals surface area (Å²) >= 11 is 0. The topological polar surface area (TPSA) is 142 Å². The summed E-state index contributed by atoms with van der Waals surface area (Å²) in [6.45, 7) is 3.38. The molecule has 0 aromatic heterocycles. The van der Waals surface area contributed by atoms with Crippen molar-refractivity contribution in [3.63, 3.8) is 0 Å². The van der Waals surface area contributed by atoms with Crippen molar-refractivity contribution in [3.8, 4) is 17.2 Å². The number of benzene rings is 3. The molecule has 0 aliphatic carbocycles. The number of carboxylic acids is 1. The Bertz CT molecular complexity index is 1270. The van der Waals surface area contributed by atoms with Crippen molar-refractivity contribution < 1.29 is 33.0 Å². The third-order valence-corrected chi connectivity index (χ3v) is 5.79. The number of carboxylic acid groups (broad SMARTS) is 1. The number of carbonyl (C=O) groups is 2. The second kappa shape index (κ2) is 8.98. The first-order chi connectivity index (χ1) is 15.1. The van der Waals surface area contributed by atoms with Gasteiger partial charge >= 0.3 is 11.9 Å². The van der Waals surface area contributed by atoms with E-state index < -0.39 is 27.6 Å². The zero-order valence-corrected chi connectivity index (χ0v) is 17.9. The molecule has 1 amide bonds. The van der Waals surface area contributed by atoms with E-state index in [2.05, 4.69) is 10.0 Å². The summed E-state index contributed by atoms with van der Waals surface area (Å²) in [4.78, 5) is 21.7. The summed E-state index contributed by atoms with van der Waals surface area (Å²) in [7, 11) is -4.09. The number of nitrogens with one attached hydrogen (secondary N) is 2. The fourth-order valence-corrected chi connectivity index (χ4v) is 4.15. The van der Waals surface area contributed by atoms with Gasteiger partial charge in [-0.15, -0.1) is 0 Å². The van der Waals surface area contributed by atoms with Crippen LogP contribution < -0.4 is 14.8 Å². The summed E-state index contributed by atoms with van der Waals surface area (Å²) in [5, 5.41) is 21.1. The average Bonchev–Trinajstić information content (AvgIpc) is 2.72. The van der Waals surface area contributed by atoms with E-state index in [0.717, 1.165) is 0 Å². The molecule has 0 aliphatic heterocycles. The number of rotatable bonds is 6. The molecular formula is C22H20N2O7S. The first-order valence-electron chi connectivity index (χ1n) is 9.31. The Labute approximate surface area is 184 Å². The monoisotopic (exact) mass is 456 g/mol. The highest BCUT2D eigenvalue weighted by molar-refractivity contribution is 7.92. The summed E-state index contributed by atoms with van der Waals surface area (Å²) in [5.41, 5.74) is 1.76. The minimum atomic E-state index is -4.09. The molecule has 0 bridgehead atoms. The number of aliphatic carboxylic acids is 1. The Balaban J connectivity index is 1.89. The van der Waals surface area contributed by atoms with E-state index in [0.29, 0.717) is 22.6 Å². The van der Waals surface area contributed by atoms with Crippen LogP contribution >= 0.6 is 0 Å². The van der Waals surface area contributed by atoms with Crippen molar-refractivity contribution in [3.05, 3.63) is 71.8 Å². The lowest BCUT2D eigenvalue weighted by molar-refractivity contribution is -0.147. The van der Waals surface area contributed by atoms with Crippen LogP contribution in [0.3, 0.4) is 0 Å². The Kier molecular flexibility index (Phi) is 6.35. The summed E-state index contributed by atoms with van der Waals surface area (Å²) in [6.07, 6.45) is 0. The van der Waals surface area contributed by atoms with Crippen molar-refractivity contribution in [2.24, 2.45) is 0 Å². The maximum atomic E-state index is 12.7. The standard InChI is InChI=1S/C22H20N2O7S/c1-13-10-16(23-21(26)22(27)28)11-14(2)20(13)31-17-8-9-18(25)19(12-17)32(29,30)24-15-6-4-3-5-7-15/h3-12,24-25H,1-2H3,(H,23,26)(H,27,28). The van der Waals surface area contributed by atoms with Crippen LogP contribution in [0.1, 0.15) is 11.1 Å². The smallest absolute Gasteiger partial charge is 0.394 e. The highest BCUT2D eigenvalue weighted by Crippen LogP contribution is 2.35. The first kappa shape index (κ1) is 22.6. The first-order valence-corrected chi connectivity index (χ1v) is 10.8. The van der Waals surface area contributed by atoms with Crippen molar-refractivity contribution in [1.29, 1.82) is 0 Å². The van der Waals surface area contributed by atoms with Crippen molar-refractivity contribution in [2.75, 3.05) is 10.0 Å². The van der Waals surface area contributed by atoms with Gasteiger partial charge in [-0.05, 0) is 61.4 Å². The third kappa shape index (κ3) is 5.16. The Morgan fingerprint density at radius 3 is 2.12 bits per heavy atom. The number of amides is 1. The van der Waals surface area contributed by atoms with E-state index in [1.807, 2.05) is 0 Å². The molecule has 0 saturated heterocycles. The predicted octanol–water partition coefficient (Wildman–Crippen LogP) is 3.63. The van der Waals surface area contributed by atoms with Crippen molar-refractivity contribution >= 4 is 33.3 Å². The number of hydrogen-bond donors (Lipinski definition) is 4. The number of anilines is 2. The third-order valence-electron chi connectivity index (χ3n) is 4.38. The van der Waals surface area contributed by atoms with Crippen LogP contribution in [-0.4, -0.2) is 30.5 Å². The van der Waals surface area contributed by atoms with E-state index in [1.165, 1.54) is 30.3 Å². The van der Waals surface area contributed by atoms with Crippen molar-refractivity contribution in [1.82, 2.24) is 0 Å². The SMILES string of the molecule is Cc1cc(NC(=O)C(=O)O)cc(C)c1Oc1ccc(O)c(S(=O)(=O)Nc2ccccc2)c1. The molecule has 4 N–H and O–H groups in total. The zero-order valence-electron chi connectivity index (χ0n) is 17.1. The van der Waals surface area contributed by atoms with Gasteiger partial charge in [0.1, 0.15) is 22.1 Å². The number of carbonyl (C=O) groups excluding carboxylic acids is 1. The molecule has 9 nitrogen and oxygen atoms in total. The van der Waals surface area contributed by atoms with Crippen LogP contribution in [0, 0.1) is 13.8 Å². The molecule has 0 saturated carbocycles. The molecule has 0 radical (unpaired) electrons. The predicted molar refractivity (Wildman–Crippen MR) is 118 cm³/mol. The number of para-hydroxylation sites is 1. The van der Waals surface area contributed by atoms with Gasteiger partial charge in [-0.3, -0.25) is 9.52 Å². The highest BCUT2D eigenvalue weighted by Gasteiger charge is 2.21. The van der Waals surface area contributed by atoms with Crippen LogP contribution in [0.15, 0.2) is 65.6 Å². The van der Waals surface area contributed by atoms with Crippen LogP contribution in [0.5, 0.6) is 17.2 Å². The Morgan fingerprint density at radius 1 is 0.906 bits per heavy atom. The summed E-state index contributed by atoms with van der Waals surface area (Å²) in [6, 6.07) is 15.1. The normalized spacial score (nSPS) is 10.9. The molecule has 3 aromatic carbocycles. The number of hydrogen-bond acceptors (Lipinski definition) is 6. The molecule has 0 unspecified atom stereocenters. The average molecular weight is 456 g/mol. The number of phenols is 1. The zero-order chi connectivity index (χ0) is 23.5.